The number of pyridine rings is 1. The monoisotopic (exact) mass is 253 g/mol. The SMILES string of the molecule is CC1CC(Oc2ccc(Cl)cn2)CC(C)(C)C1. The van der Waals surface area contributed by atoms with Crippen molar-refractivity contribution in [2.75, 3.05) is 0 Å². The maximum absolute atomic E-state index is 5.95. The van der Waals surface area contributed by atoms with E-state index in [1.165, 1.54) is 6.42 Å². The fourth-order valence-corrected chi connectivity index (χ4v) is 3.06. The van der Waals surface area contributed by atoms with Crippen LogP contribution in [0.1, 0.15) is 40.0 Å². The van der Waals surface area contributed by atoms with Gasteiger partial charge in [-0.1, -0.05) is 32.4 Å². The smallest absolute Gasteiger partial charge is 0.213 e. The maximum Gasteiger partial charge on any atom is 0.213 e. The summed E-state index contributed by atoms with van der Waals surface area (Å²) in [5.74, 6) is 1.40. The summed E-state index contributed by atoms with van der Waals surface area (Å²) in [5.41, 5.74) is 0.370. The van der Waals surface area contributed by atoms with E-state index in [0.717, 1.165) is 18.8 Å². The molecule has 1 fully saturated rings. The summed E-state index contributed by atoms with van der Waals surface area (Å²) in [6, 6.07) is 3.66. The fraction of sp³-hybridized carbons (Fsp3) is 0.643. The third-order valence-electron chi connectivity index (χ3n) is 3.33. The lowest BCUT2D eigenvalue weighted by molar-refractivity contribution is 0.0532. The Morgan fingerprint density at radius 3 is 2.71 bits per heavy atom. The number of aromatic nitrogens is 1. The Morgan fingerprint density at radius 1 is 1.35 bits per heavy atom. The highest BCUT2D eigenvalue weighted by atomic mass is 35.5. The van der Waals surface area contributed by atoms with Gasteiger partial charge in [-0.15, -0.1) is 0 Å². The van der Waals surface area contributed by atoms with Gasteiger partial charge >= 0.3 is 0 Å². The number of rotatable bonds is 2. The Morgan fingerprint density at radius 2 is 2.12 bits per heavy atom. The van der Waals surface area contributed by atoms with Gasteiger partial charge in [0.2, 0.25) is 5.88 Å². The molecule has 1 aliphatic rings. The Bertz CT molecular complexity index is 374. The quantitative estimate of drug-likeness (QED) is 0.783. The van der Waals surface area contributed by atoms with E-state index in [9.17, 15) is 0 Å². The van der Waals surface area contributed by atoms with Gasteiger partial charge in [0.1, 0.15) is 6.10 Å². The first-order chi connectivity index (χ1) is 7.94. The molecular formula is C14H20ClNO. The molecule has 94 valence electrons. The molecule has 1 aliphatic carbocycles. The average molecular weight is 254 g/mol. The zero-order chi connectivity index (χ0) is 12.5. The minimum atomic E-state index is 0.280. The molecule has 0 aliphatic heterocycles. The van der Waals surface area contributed by atoms with Crippen molar-refractivity contribution < 1.29 is 4.74 Å². The van der Waals surface area contributed by atoms with Crippen LogP contribution in [0.15, 0.2) is 18.3 Å². The van der Waals surface area contributed by atoms with Crippen LogP contribution in [0.3, 0.4) is 0 Å². The van der Waals surface area contributed by atoms with Crippen LogP contribution < -0.4 is 4.74 Å². The predicted octanol–water partition coefficient (Wildman–Crippen LogP) is 4.33. The summed E-state index contributed by atoms with van der Waals surface area (Å²) in [6.45, 7) is 6.93. The van der Waals surface area contributed by atoms with E-state index < -0.39 is 0 Å². The summed E-state index contributed by atoms with van der Waals surface area (Å²) in [5, 5.41) is 0.648. The van der Waals surface area contributed by atoms with Gasteiger partial charge in [0, 0.05) is 12.3 Å². The Hall–Kier alpha value is -0.760. The zero-order valence-electron chi connectivity index (χ0n) is 10.7. The summed E-state index contributed by atoms with van der Waals surface area (Å²) in [7, 11) is 0. The van der Waals surface area contributed by atoms with Crippen molar-refractivity contribution in [2.45, 2.75) is 46.1 Å². The van der Waals surface area contributed by atoms with Gasteiger partial charge in [0.05, 0.1) is 5.02 Å². The first kappa shape index (κ1) is 12.7. The van der Waals surface area contributed by atoms with Crippen LogP contribution in [0.5, 0.6) is 5.88 Å². The molecule has 0 N–H and O–H groups in total. The summed E-state index contributed by atoms with van der Waals surface area (Å²) < 4.78 is 5.95. The van der Waals surface area contributed by atoms with Crippen molar-refractivity contribution in [1.29, 1.82) is 0 Å². The van der Waals surface area contributed by atoms with Gasteiger partial charge in [-0.3, -0.25) is 0 Å². The van der Waals surface area contributed by atoms with Gasteiger partial charge in [-0.25, -0.2) is 4.98 Å². The Kier molecular flexibility index (Phi) is 3.62. The van der Waals surface area contributed by atoms with E-state index in [0.29, 0.717) is 16.3 Å². The molecule has 1 saturated carbocycles. The molecule has 2 nitrogen and oxygen atoms in total. The van der Waals surface area contributed by atoms with Crippen LogP contribution >= 0.6 is 11.6 Å². The van der Waals surface area contributed by atoms with Crippen molar-refractivity contribution in [1.82, 2.24) is 4.98 Å². The molecule has 1 aromatic heterocycles. The van der Waals surface area contributed by atoms with Crippen LogP contribution in [-0.2, 0) is 0 Å². The predicted molar refractivity (Wildman–Crippen MR) is 70.5 cm³/mol. The second-order valence-electron chi connectivity index (χ2n) is 5.97. The molecule has 0 saturated heterocycles. The Labute approximate surface area is 108 Å². The second kappa shape index (κ2) is 4.85. The maximum atomic E-state index is 5.95. The standard InChI is InChI=1S/C14H20ClNO/c1-10-6-12(8-14(2,3)7-10)17-13-5-4-11(15)9-16-13/h4-5,9-10,12H,6-8H2,1-3H3. The molecule has 0 bridgehead atoms. The van der Waals surface area contributed by atoms with Crippen LogP contribution in [0, 0.1) is 11.3 Å². The molecule has 2 unspecified atom stereocenters. The minimum absolute atomic E-state index is 0.280. The van der Waals surface area contributed by atoms with E-state index in [1.807, 2.05) is 12.1 Å². The summed E-state index contributed by atoms with van der Waals surface area (Å²) >= 11 is 5.80. The lowest BCUT2D eigenvalue weighted by Gasteiger charge is -2.38. The highest BCUT2D eigenvalue weighted by molar-refractivity contribution is 6.30. The molecule has 0 spiro atoms. The minimum Gasteiger partial charge on any atom is -0.474 e. The molecule has 1 aromatic rings. The van der Waals surface area contributed by atoms with Gasteiger partial charge in [-0.2, -0.15) is 0 Å². The first-order valence-corrected chi connectivity index (χ1v) is 6.61. The summed E-state index contributed by atoms with van der Waals surface area (Å²) in [6.07, 6.45) is 5.41. The first-order valence-electron chi connectivity index (χ1n) is 6.23. The van der Waals surface area contributed by atoms with E-state index in [4.69, 9.17) is 16.3 Å². The second-order valence-corrected chi connectivity index (χ2v) is 6.40. The van der Waals surface area contributed by atoms with Crippen molar-refractivity contribution in [3.05, 3.63) is 23.4 Å². The Balaban J connectivity index is 2.01. The molecule has 0 aromatic carbocycles. The molecule has 0 radical (unpaired) electrons. The van der Waals surface area contributed by atoms with Crippen molar-refractivity contribution in [3.8, 4) is 5.88 Å². The molecule has 17 heavy (non-hydrogen) atoms. The number of hydrogen-bond acceptors (Lipinski definition) is 2. The third kappa shape index (κ3) is 3.60. The zero-order valence-corrected chi connectivity index (χ0v) is 11.5. The largest absolute Gasteiger partial charge is 0.474 e. The molecule has 0 amide bonds. The van der Waals surface area contributed by atoms with Crippen molar-refractivity contribution in [3.63, 3.8) is 0 Å². The third-order valence-corrected chi connectivity index (χ3v) is 3.56. The van der Waals surface area contributed by atoms with Crippen LogP contribution in [0.4, 0.5) is 0 Å². The number of nitrogens with zero attached hydrogens (tertiary/aromatic N) is 1. The van der Waals surface area contributed by atoms with E-state index in [2.05, 4.69) is 25.8 Å². The number of hydrogen-bond donors (Lipinski definition) is 0. The average Bonchev–Trinajstić information content (AvgIpc) is 2.18. The van der Waals surface area contributed by atoms with Gasteiger partial charge in [0.25, 0.3) is 0 Å². The fourth-order valence-electron chi connectivity index (χ4n) is 2.95. The normalized spacial score (nSPS) is 27.8. The van der Waals surface area contributed by atoms with E-state index in [-0.39, 0.29) is 6.10 Å². The van der Waals surface area contributed by atoms with Crippen LogP contribution in [0.25, 0.3) is 0 Å². The molecule has 3 heteroatoms. The molecule has 1 heterocycles. The number of ether oxygens (including phenoxy) is 1. The lowest BCUT2D eigenvalue weighted by atomic mass is 9.71. The van der Waals surface area contributed by atoms with Gasteiger partial charge in [-0.05, 0) is 36.7 Å². The van der Waals surface area contributed by atoms with Crippen LogP contribution in [0.2, 0.25) is 5.02 Å². The van der Waals surface area contributed by atoms with Gasteiger partial charge in [0.15, 0.2) is 0 Å². The molecule has 2 rings (SSSR count). The molecule has 2 atom stereocenters. The van der Waals surface area contributed by atoms with Crippen molar-refractivity contribution in [2.24, 2.45) is 11.3 Å². The topological polar surface area (TPSA) is 22.1 Å². The highest BCUT2D eigenvalue weighted by Crippen LogP contribution is 2.39. The summed E-state index contributed by atoms with van der Waals surface area (Å²) in [4.78, 5) is 4.19. The van der Waals surface area contributed by atoms with Crippen molar-refractivity contribution >= 4 is 11.6 Å². The number of halogens is 1. The van der Waals surface area contributed by atoms with E-state index in [1.54, 1.807) is 6.20 Å². The highest BCUT2D eigenvalue weighted by Gasteiger charge is 2.33. The lowest BCUT2D eigenvalue weighted by Crippen LogP contribution is -2.34. The van der Waals surface area contributed by atoms with Gasteiger partial charge < -0.3 is 4.74 Å². The van der Waals surface area contributed by atoms with E-state index >= 15 is 0 Å². The molecular weight excluding hydrogens is 234 g/mol. The van der Waals surface area contributed by atoms with Crippen LogP contribution in [-0.4, -0.2) is 11.1 Å².